The summed E-state index contributed by atoms with van der Waals surface area (Å²) in [5.41, 5.74) is 2.97. The molecule has 30 heavy (non-hydrogen) atoms. The Bertz CT molecular complexity index is 896. The van der Waals surface area contributed by atoms with Gasteiger partial charge in [0.1, 0.15) is 0 Å². The third kappa shape index (κ3) is 3.03. The molecule has 0 aromatic heterocycles. The molecule has 0 saturated carbocycles. The monoisotopic (exact) mass is 427 g/mol. The number of rotatable bonds is 7. The summed E-state index contributed by atoms with van der Waals surface area (Å²) in [7, 11) is 1.56. The molecular weight excluding hydrogens is 394 g/mol. The molecule has 0 radical (unpaired) electrons. The van der Waals surface area contributed by atoms with Crippen molar-refractivity contribution in [1.29, 1.82) is 0 Å². The molecule has 2 aliphatic heterocycles. The summed E-state index contributed by atoms with van der Waals surface area (Å²) >= 11 is 0. The molecule has 2 heterocycles. The van der Waals surface area contributed by atoms with Crippen LogP contribution in [0, 0.1) is 0 Å². The van der Waals surface area contributed by atoms with Crippen LogP contribution < -0.4 is 9.47 Å². The Balaban J connectivity index is 1.81. The first-order valence-electron chi connectivity index (χ1n) is 11.1. The lowest BCUT2D eigenvalue weighted by atomic mass is 9.71. The van der Waals surface area contributed by atoms with Crippen molar-refractivity contribution in [3.8, 4) is 11.5 Å². The van der Waals surface area contributed by atoms with Gasteiger partial charge >= 0.3 is 0 Å². The molecule has 1 amide bonds. The average molecular weight is 428 g/mol. The van der Waals surface area contributed by atoms with Gasteiger partial charge in [0.05, 0.1) is 25.9 Å². The highest BCUT2D eigenvalue weighted by molar-refractivity contribution is 6.73. The highest BCUT2D eigenvalue weighted by Crippen LogP contribution is 2.53. The van der Waals surface area contributed by atoms with Gasteiger partial charge < -0.3 is 18.8 Å². The Morgan fingerprint density at radius 3 is 2.40 bits per heavy atom. The minimum absolute atomic E-state index is 0.0149. The number of nitrogens with zero attached hydrogens (tertiary/aromatic N) is 1. The summed E-state index contributed by atoms with van der Waals surface area (Å²) < 4.78 is 18.0. The van der Waals surface area contributed by atoms with Crippen LogP contribution in [-0.2, 0) is 21.2 Å². The fraction of sp³-hybridized carbons (Fsp3) is 0.542. The molecule has 0 fully saturated rings. The van der Waals surface area contributed by atoms with Crippen LogP contribution in [0.3, 0.4) is 0 Å². The van der Waals surface area contributed by atoms with E-state index >= 15 is 0 Å². The number of amides is 1. The Kier molecular flexibility index (Phi) is 5.57. The maximum absolute atomic E-state index is 12.9. The van der Waals surface area contributed by atoms with E-state index in [2.05, 4.69) is 45.1 Å². The van der Waals surface area contributed by atoms with Crippen LogP contribution in [0.1, 0.15) is 38.3 Å². The van der Waals surface area contributed by atoms with Gasteiger partial charge in [-0.3, -0.25) is 4.79 Å². The van der Waals surface area contributed by atoms with Crippen molar-refractivity contribution in [1.82, 2.24) is 4.90 Å². The van der Waals surface area contributed by atoms with Crippen molar-refractivity contribution < 1.29 is 18.7 Å². The van der Waals surface area contributed by atoms with Crippen LogP contribution in [0.2, 0.25) is 18.1 Å². The maximum Gasteiger partial charge on any atom is 0.247 e. The van der Waals surface area contributed by atoms with E-state index in [1.165, 1.54) is 5.56 Å². The van der Waals surface area contributed by atoms with Crippen molar-refractivity contribution in [2.75, 3.05) is 20.8 Å². The normalized spacial score (nSPS) is 24.8. The van der Waals surface area contributed by atoms with Crippen LogP contribution in [-0.4, -0.2) is 46.0 Å². The van der Waals surface area contributed by atoms with Gasteiger partial charge in [-0.15, -0.1) is 0 Å². The molecule has 4 rings (SSSR count). The third-order valence-corrected chi connectivity index (χ3v) is 12.1. The van der Waals surface area contributed by atoms with E-state index in [4.69, 9.17) is 13.9 Å². The van der Waals surface area contributed by atoms with Crippen molar-refractivity contribution in [2.45, 2.75) is 63.4 Å². The zero-order valence-corrected chi connectivity index (χ0v) is 19.8. The van der Waals surface area contributed by atoms with E-state index in [0.717, 1.165) is 47.9 Å². The van der Waals surface area contributed by atoms with Crippen LogP contribution in [0.15, 0.2) is 35.9 Å². The summed E-state index contributed by atoms with van der Waals surface area (Å²) in [5, 5.41) is 0. The predicted molar refractivity (Wildman–Crippen MR) is 121 cm³/mol. The quantitative estimate of drug-likeness (QED) is 0.598. The lowest BCUT2D eigenvalue weighted by Gasteiger charge is -2.49. The molecule has 1 spiro atoms. The van der Waals surface area contributed by atoms with Gasteiger partial charge in [0.15, 0.2) is 19.8 Å². The van der Waals surface area contributed by atoms with Crippen LogP contribution >= 0.6 is 0 Å². The second-order valence-electron chi connectivity index (χ2n) is 8.53. The predicted octanol–water partition coefficient (Wildman–Crippen LogP) is 4.57. The first-order chi connectivity index (χ1) is 14.5. The number of fused-ring (bicyclic) bond motifs is 1. The van der Waals surface area contributed by atoms with Crippen molar-refractivity contribution in [3.63, 3.8) is 0 Å². The molecular formula is C24H33NO4Si. The molecule has 1 aromatic carbocycles. The SMILES string of the molecule is CC[Si](CC)(CC)O[C@@H]1C=CC2=CC(=O)N3CCc4cc(OC)c(OC)cc4[C@@]23C1. The molecule has 0 bridgehead atoms. The summed E-state index contributed by atoms with van der Waals surface area (Å²) in [5.74, 6) is 1.54. The molecule has 1 aliphatic carbocycles. The molecule has 1 aromatic rings. The summed E-state index contributed by atoms with van der Waals surface area (Å²) in [6.45, 7) is 7.48. The second-order valence-corrected chi connectivity index (χ2v) is 13.3. The first kappa shape index (κ1) is 21.2. The Morgan fingerprint density at radius 1 is 1.10 bits per heavy atom. The van der Waals surface area contributed by atoms with Crippen LogP contribution in [0.4, 0.5) is 0 Å². The average Bonchev–Trinajstić information content (AvgIpc) is 3.08. The standard InChI is InChI=1S/C24H33NO4Si/c1-6-30(7-2,8-3)29-19-10-9-18-14-23(26)25-12-11-17-13-21(27-4)22(28-5)15-20(17)24(18,25)16-19/h9-10,13-15,19H,6-8,11-12,16H2,1-5H3/t19-,24-/m1/s1. The topological polar surface area (TPSA) is 48.0 Å². The Hall–Kier alpha value is -2.05. The molecule has 6 heteroatoms. The van der Waals surface area contributed by atoms with E-state index in [1.807, 2.05) is 11.0 Å². The van der Waals surface area contributed by atoms with Gasteiger partial charge in [-0.25, -0.2) is 0 Å². The van der Waals surface area contributed by atoms with Gasteiger partial charge in [-0.05, 0) is 53.4 Å². The number of hydrogen-bond acceptors (Lipinski definition) is 4. The molecule has 0 N–H and O–H groups in total. The molecule has 5 nitrogen and oxygen atoms in total. The molecule has 2 atom stereocenters. The van der Waals surface area contributed by atoms with Gasteiger partial charge in [-0.1, -0.05) is 32.9 Å². The van der Waals surface area contributed by atoms with Crippen molar-refractivity contribution in [2.24, 2.45) is 0 Å². The minimum atomic E-state index is -1.77. The number of carbonyl (C=O) groups is 1. The van der Waals surface area contributed by atoms with E-state index in [1.54, 1.807) is 14.2 Å². The highest BCUT2D eigenvalue weighted by Gasteiger charge is 2.54. The van der Waals surface area contributed by atoms with Crippen LogP contribution in [0.5, 0.6) is 11.5 Å². The third-order valence-electron chi connectivity index (χ3n) is 7.46. The fourth-order valence-corrected chi connectivity index (χ4v) is 8.32. The molecule has 162 valence electrons. The van der Waals surface area contributed by atoms with Gasteiger partial charge in [0, 0.05) is 19.0 Å². The summed E-state index contributed by atoms with van der Waals surface area (Å²) in [6.07, 6.45) is 7.70. The van der Waals surface area contributed by atoms with Crippen molar-refractivity contribution in [3.05, 3.63) is 47.1 Å². The first-order valence-corrected chi connectivity index (χ1v) is 13.6. The van der Waals surface area contributed by atoms with Crippen molar-refractivity contribution >= 4 is 14.2 Å². The number of hydrogen-bond donors (Lipinski definition) is 0. The van der Waals surface area contributed by atoms with Gasteiger partial charge in [-0.2, -0.15) is 0 Å². The molecule has 3 aliphatic rings. The van der Waals surface area contributed by atoms with Gasteiger partial charge in [0.2, 0.25) is 5.91 Å². The van der Waals surface area contributed by atoms with Gasteiger partial charge in [0.25, 0.3) is 0 Å². The highest BCUT2D eigenvalue weighted by atomic mass is 28.4. The summed E-state index contributed by atoms with van der Waals surface area (Å²) in [4.78, 5) is 15.0. The zero-order valence-electron chi connectivity index (χ0n) is 18.8. The Labute approximate surface area is 180 Å². The van der Waals surface area contributed by atoms with E-state index < -0.39 is 13.9 Å². The molecule has 0 saturated heterocycles. The lowest BCUT2D eigenvalue weighted by molar-refractivity contribution is -0.130. The van der Waals surface area contributed by atoms with E-state index in [9.17, 15) is 4.79 Å². The maximum atomic E-state index is 12.9. The number of carbonyl (C=O) groups excluding carboxylic acids is 1. The zero-order chi connectivity index (χ0) is 21.5. The number of methoxy groups -OCH3 is 2. The Morgan fingerprint density at radius 2 is 1.77 bits per heavy atom. The van der Waals surface area contributed by atoms with E-state index in [0.29, 0.717) is 12.3 Å². The second kappa shape index (κ2) is 7.89. The van der Waals surface area contributed by atoms with Crippen LogP contribution in [0.25, 0.3) is 0 Å². The number of benzene rings is 1. The lowest BCUT2D eigenvalue weighted by Crippen LogP contribution is -2.54. The smallest absolute Gasteiger partial charge is 0.247 e. The largest absolute Gasteiger partial charge is 0.493 e. The minimum Gasteiger partial charge on any atom is -0.493 e. The number of ether oxygens (including phenoxy) is 2. The molecule has 0 unspecified atom stereocenters. The van der Waals surface area contributed by atoms with E-state index in [-0.39, 0.29) is 12.0 Å². The summed E-state index contributed by atoms with van der Waals surface area (Å²) in [6, 6.07) is 7.50. The fourth-order valence-electron chi connectivity index (χ4n) is 5.52.